The molecule has 48 heteroatoms. The van der Waals surface area contributed by atoms with E-state index < -0.39 is 232 Å². The summed E-state index contributed by atoms with van der Waals surface area (Å²) in [5, 5.41) is 91.6. The highest BCUT2D eigenvalue weighted by Gasteiger charge is 2.44. The van der Waals surface area contributed by atoms with Crippen molar-refractivity contribution in [3.63, 3.8) is 0 Å². The van der Waals surface area contributed by atoms with Crippen LogP contribution in [0.1, 0.15) is 223 Å². The van der Waals surface area contributed by atoms with Gasteiger partial charge in [-0.05, 0) is 112 Å². The number of ketones is 1. The van der Waals surface area contributed by atoms with Gasteiger partial charge in [0.15, 0.2) is 17.7 Å². The molecule has 12 atom stereocenters. The predicted octanol–water partition coefficient (Wildman–Crippen LogP) is -2.14. The number of guanidine groups is 2. The number of aliphatic hydroxyl groups excluding tert-OH is 2. The van der Waals surface area contributed by atoms with Crippen molar-refractivity contribution < 1.29 is 96.4 Å². The minimum absolute atomic E-state index is 0.00122. The average Bonchev–Trinajstić information content (AvgIpc) is 1.65. The standard InChI is InChI=1S/C94H146N28O20/c1-3-4-30-67(84(132)114-71-38-40-80(128)101-41-24-23-31-65(59(2)124)109-88(136)73(49-61-52-105-66-32-22-21-29-64(61)66)115-85(133)69(34-26-43-104-94(98)99)111-87(135)72(48-60-27-17-16-18-28-60)117-91(139)76-51-63(125)55-122(76)92(71)140)110-83(131)68(33-25-42-103-93(96)97)112-89(137)74(50-62-53-100-58-107-62)116-86(134)70(37-39-77(95)126)113-90(138)75(56-123)108-81(129)54-106-82(130)57-142-47-46-141-45-44-102-79(127)36-20-15-13-11-9-7-5-6-8-10-12-14-19-35-78-118-120-121-119-78/h16-18,21-22,27-29,32,52-53,58,63,65,67-76,105,123,125H,3-15,19-20,23-26,30-31,33-51,54-57H2,1-2H3,(H2,95,126)(H,100,107)(H,101,128)(H,102,127)(H,106,130)(H,108,129)(H,109,136)(H,110,131)(H,111,135)(H,112,137)(H,113,138)(H,114,132)(H,115,133)(H,116,134)(H,117,139)(H4,96,97,103)(H4,98,99,104)(H,118,119,120,121)/t63-,65+,67+,68+,69+,70+,71+,72-,73+,74+,75+,76+/m1/s1. The van der Waals surface area contributed by atoms with Crippen molar-refractivity contribution >= 4 is 117 Å². The molecular weight excluding hydrogens is 1840 g/mol. The molecule has 2 aliphatic heterocycles. The molecule has 5 heterocycles. The Labute approximate surface area is 824 Å². The highest BCUT2D eigenvalue weighted by molar-refractivity contribution is 6.01. The number of amides is 15. The van der Waals surface area contributed by atoms with E-state index in [9.17, 15) is 63.0 Å². The summed E-state index contributed by atoms with van der Waals surface area (Å²) in [6.07, 6.45) is 16.9. The largest absolute Gasteiger partial charge is 0.394 e. The van der Waals surface area contributed by atoms with Gasteiger partial charge in [0.1, 0.15) is 72.8 Å². The molecule has 2 saturated heterocycles. The van der Waals surface area contributed by atoms with Crippen LogP contribution in [0.25, 0.3) is 10.9 Å². The number of nitrogens with one attached hydrogen (secondary N) is 20. The second-order valence-corrected chi connectivity index (χ2v) is 35.6. The number of nitrogens with zero attached hydrogens (tertiary/aromatic N) is 5. The third-order valence-electron chi connectivity index (χ3n) is 24.1. The van der Waals surface area contributed by atoms with Crippen LogP contribution in [0.15, 0.2) is 73.3 Å². The number of unbranched alkanes of at least 4 members (excludes halogenated alkanes) is 13. The normalized spacial score (nSPS) is 18.4. The number of rotatable bonds is 59. The van der Waals surface area contributed by atoms with Gasteiger partial charge in [-0.15, -0.1) is 5.10 Å². The summed E-state index contributed by atoms with van der Waals surface area (Å²) in [5.74, 6) is -13.5. The van der Waals surface area contributed by atoms with Crippen LogP contribution in [0.5, 0.6) is 0 Å². The monoisotopic (exact) mass is 1990 g/mol. The molecule has 5 aromatic rings. The molecular formula is C94H146N28O20. The molecule has 2 fully saturated rings. The molecule has 0 bridgehead atoms. The Balaban J connectivity index is 0.988. The maximum absolute atomic E-state index is 15.5. The first kappa shape index (κ1) is 115. The number of nitrogens with two attached hydrogens (primary N) is 3. The van der Waals surface area contributed by atoms with Crippen LogP contribution < -0.4 is 97.0 Å². The maximum Gasteiger partial charge on any atom is 0.246 e. The third-order valence-corrected chi connectivity index (χ3v) is 24.1. The van der Waals surface area contributed by atoms with Gasteiger partial charge in [-0.1, -0.05) is 139 Å². The van der Waals surface area contributed by atoms with Gasteiger partial charge in [0, 0.05) is 107 Å². The number of primary amides is 1. The Morgan fingerprint density at radius 3 is 1.83 bits per heavy atom. The lowest BCUT2D eigenvalue weighted by Gasteiger charge is -2.31. The number of aromatic amines is 3. The van der Waals surface area contributed by atoms with Crippen molar-refractivity contribution in [3.05, 3.63) is 96.0 Å². The first-order chi connectivity index (χ1) is 68.4. The fourth-order valence-electron chi connectivity index (χ4n) is 16.3. The van der Waals surface area contributed by atoms with Gasteiger partial charge in [-0.2, -0.15) is 0 Å². The summed E-state index contributed by atoms with van der Waals surface area (Å²) >= 11 is 0. The van der Waals surface area contributed by atoms with Crippen molar-refractivity contribution in [2.45, 2.75) is 298 Å². The Bertz CT molecular complexity index is 4840. The molecule has 2 aliphatic rings. The summed E-state index contributed by atoms with van der Waals surface area (Å²) in [7, 11) is 0. The molecule has 0 aliphatic carbocycles. The van der Waals surface area contributed by atoms with Crippen LogP contribution in [0.2, 0.25) is 0 Å². The summed E-state index contributed by atoms with van der Waals surface area (Å²) in [5.41, 5.74) is 18.8. The lowest BCUT2D eigenvalue weighted by atomic mass is 10.0. The number of benzene rings is 2. The van der Waals surface area contributed by atoms with Crippen molar-refractivity contribution in [1.82, 2.24) is 120 Å². The molecule has 0 unspecified atom stereocenters. The average molecular weight is 1990 g/mol. The second-order valence-electron chi connectivity index (χ2n) is 35.6. The van der Waals surface area contributed by atoms with E-state index in [0.717, 1.165) is 60.2 Å². The van der Waals surface area contributed by atoms with Gasteiger partial charge in [-0.3, -0.25) is 87.5 Å². The number of hydrogen-bond donors (Lipinski definition) is 25. The lowest BCUT2D eigenvalue weighted by molar-refractivity contribution is -0.143. The molecule has 28 N–H and O–H groups in total. The molecule has 0 radical (unpaired) electrons. The molecule has 15 amide bonds. The number of aromatic nitrogens is 7. The Morgan fingerprint density at radius 1 is 0.577 bits per heavy atom. The smallest absolute Gasteiger partial charge is 0.246 e. The van der Waals surface area contributed by atoms with Gasteiger partial charge < -0.3 is 132 Å². The summed E-state index contributed by atoms with van der Waals surface area (Å²) in [6.45, 7) is 0.869. The van der Waals surface area contributed by atoms with E-state index in [1.165, 1.54) is 70.8 Å². The van der Waals surface area contributed by atoms with Gasteiger partial charge in [0.2, 0.25) is 88.6 Å². The number of fused-ring (bicyclic) bond motifs is 2. The number of carbonyl (C=O) groups excluding carboxylic acids is 16. The second kappa shape index (κ2) is 64.6. The number of carbonyl (C=O) groups is 16. The van der Waals surface area contributed by atoms with Gasteiger partial charge in [0.25, 0.3) is 0 Å². The number of ether oxygens (including phenoxy) is 2. The first-order valence-electron chi connectivity index (χ1n) is 49.2. The zero-order valence-electron chi connectivity index (χ0n) is 81.2. The van der Waals surface area contributed by atoms with Gasteiger partial charge in [-0.25, -0.2) is 10.1 Å². The minimum atomic E-state index is -1.78. The van der Waals surface area contributed by atoms with Crippen LogP contribution in [0, 0.1) is 10.8 Å². The van der Waals surface area contributed by atoms with Crippen LogP contribution in [-0.2, 0) is 112 Å². The number of aliphatic hydroxyl groups is 2. The molecule has 48 nitrogen and oxygen atoms in total. The lowest BCUT2D eigenvalue weighted by Crippen LogP contribution is -2.61. The van der Waals surface area contributed by atoms with Crippen molar-refractivity contribution in [3.8, 4) is 0 Å². The van der Waals surface area contributed by atoms with E-state index in [-0.39, 0.29) is 134 Å². The number of aryl methyl sites for hydroxylation is 1. The first-order valence-corrected chi connectivity index (χ1v) is 49.2. The number of para-hydroxylation sites is 1. The Morgan fingerprint density at radius 2 is 1.18 bits per heavy atom. The van der Waals surface area contributed by atoms with E-state index in [2.05, 4.69) is 115 Å². The minimum Gasteiger partial charge on any atom is -0.394 e. The van der Waals surface area contributed by atoms with E-state index in [1.54, 1.807) is 49.5 Å². The fraction of sp³-hybridized carbons (Fsp3) is 0.617. The van der Waals surface area contributed by atoms with E-state index in [1.807, 2.05) is 18.2 Å². The fourth-order valence-corrected chi connectivity index (χ4v) is 16.3. The molecule has 2 aromatic carbocycles. The van der Waals surface area contributed by atoms with Crippen molar-refractivity contribution in [2.24, 2.45) is 17.2 Å². The molecule has 0 spiro atoms. The zero-order valence-corrected chi connectivity index (χ0v) is 81.2. The maximum atomic E-state index is 15.5. The summed E-state index contributed by atoms with van der Waals surface area (Å²) in [4.78, 5) is 238. The quantitative estimate of drug-likeness (QED) is 0.0112. The number of Topliss-reactive ketones (excluding diaryl/α,β-unsaturated/α-hetero) is 1. The molecule has 142 heavy (non-hydrogen) atoms. The summed E-state index contributed by atoms with van der Waals surface area (Å²) < 4.78 is 10.9. The number of tetrazole rings is 1. The highest BCUT2D eigenvalue weighted by atomic mass is 16.5. The third kappa shape index (κ3) is 44.0. The Kier molecular flexibility index (Phi) is 52.5. The van der Waals surface area contributed by atoms with E-state index in [4.69, 9.17) is 37.5 Å². The number of hydrogen-bond acceptors (Lipinski definition) is 26. The molecule has 0 saturated carbocycles. The molecule has 7 rings (SSSR count). The van der Waals surface area contributed by atoms with Crippen LogP contribution >= 0.6 is 0 Å². The van der Waals surface area contributed by atoms with Crippen molar-refractivity contribution in [2.75, 3.05) is 72.3 Å². The molecule has 782 valence electrons. The summed E-state index contributed by atoms with van der Waals surface area (Å²) in [6, 6.07) is -1.37. The van der Waals surface area contributed by atoms with E-state index in [0.29, 0.717) is 24.0 Å². The topological polar surface area (TPSA) is 740 Å². The van der Waals surface area contributed by atoms with Crippen LogP contribution in [0.4, 0.5) is 0 Å². The van der Waals surface area contributed by atoms with Crippen LogP contribution in [0.3, 0.4) is 0 Å². The Hall–Kier alpha value is -13.6. The predicted molar refractivity (Wildman–Crippen MR) is 520 cm³/mol. The van der Waals surface area contributed by atoms with Gasteiger partial charge in [0.05, 0.1) is 57.1 Å². The SMILES string of the molecule is CCCC[C@H](NC(=O)[C@H](CCCNC(=N)N)NC(=O)[C@H](Cc1c[nH]cn1)NC(=O)[C@H](CCC(N)=O)NC(=O)[C@H](CO)NC(=O)CNC(=O)COCCOCCNC(=O)CCCCCCCCCCCCCCCc1nnn[nH]1)C(=O)N[C@H]1CCC(=O)NCCCC[C@@H](C(C)=O)NC(=O)[C@H](Cc2c[nH]c3ccccc23)NC(=O)[C@H](CCCNC(=N)N)NC(=O)[C@@H](Cc2ccccc2)NC(=O)[C@@H]2C[C@@H](O)CN2C1=O. The van der Waals surface area contributed by atoms with Crippen LogP contribution in [-0.4, -0.2) is 302 Å². The molecule has 3 aromatic heterocycles. The number of H-pyrrole nitrogens is 3. The highest BCUT2D eigenvalue weighted by Crippen LogP contribution is 2.25. The van der Waals surface area contributed by atoms with E-state index >= 15 is 24.0 Å². The number of imidazole rings is 1. The van der Waals surface area contributed by atoms with Gasteiger partial charge >= 0.3 is 0 Å². The zero-order chi connectivity index (χ0) is 103. The van der Waals surface area contributed by atoms with Crippen molar-refractivity contribution in [1.29, 1.82) is 10.8 Å².